The number of benzene rings is 1. The molecule has 0 heterocycles. The number of hydrogen-bond acceptors (Lipinski definition) is 2. The molecule has 0 spiro atoms. The molecule has 1 fully saturated rings. The van der Waals surface area contributed by atoms with Gasteiger partial charge in [0.15, 0.2) is 0 Å². The molecule has 1 aromatic rings. The Labute approximate surface area is 121 Å². The predicted octanol–water partition coefficient (Wildman–Crippen LogP) is 3.99. The van der Waals surface area contributed by atoms with Gasteiger partial charge in [-0.25, -0.2) is 0 Å². The molecule has 1 unspecified atom stereocenters. The van der Waals surface area contributed by atoms with Crippen LogP contribution in [0.3, 0.4) is 0 Å². The van der Waals surface area contributed by atoms with Gasteiger partial charge < -0.3 is 11.1 Å². The number of nitrogens with two attached hydrogens (primary N) is 1. The lowest BCUT2D eigenvalue weighted by Crippen LogP contribution is -2.37. The van der Waals surface area contributed by atoms with E-state index in [0.29, 0.717) is 0 Å². The molecule has 0 bridgehead atoms. The monoisotopic (exact) mass is 274 g/mol. The Morgan fingerprint density at radius 2 is 2.15 bits per heavy atom. The maximum absolute atomic E-state index is 12.5. The standard InChI is InChI=1S/C17H26N2O/c1-4-12-8-9-13(11-15(12)18)19-16(20)14-7-5-6-10-17(14,2)3/h8-9,11,14H,4-7,10,18H2,1-3H3,(H,19,20). The fourth-order valence-corrected chi connectivity index (χ4v) is 3.20. The first kappa shape index (κ1) is 14.9. The van der Waals surface area contributed by atoms with Crippen LogP contribution >= 0.6 is 0 Å². The van der Waals surface area contributed by atoms with E-state index < -0.39 is 0 Å². The van der Waals surface area contributed by atoms with Gasteiger partial charge in [0.25, 0.3) is 0 Å². The number of aryl methyl sites for hydroxylation is 1. The van der Waals surface area contributed by atoms with Crippen LogP contribution in [0, 0.1) is 11.3 Å². The van der Waals surface area contributed by atoms with Crippen LogP contribution in [0.15, 0.2) is 18.2 Å². The first-order valence-electron chi connectivity index (χ1n) is 7.63. The zero-order valence-electron chi connectivity index (χ0n) is 12.8. The van der Waals surface area contributed by atoms with Crippen molar-refractivity contribution in [3.8, 4) is 0 Å². The number of amides is 1. The summed E-state index contributed by atoms with van der Waals surface area (Å²) in [6.45, 7) is 6.48. The maximum atomic E-state index is 12.5. The van der Waals surface area contributed by atoms with Gasteiger partial charge >= 0.3 is 0 Å². The van der Waals surface area contributed by atoms with Crippen molar-refractivity contribution in [1.29, 1.82) is 0 Å². The Morgan fingerprint density at radius 3 is 2.75 bits per heavy atom. The van der Waals surface area contributed by atoms with Crippen LogP contribution in [0.1, 0.15) is 52.0 Å². The molecule has 2 rings (SSSR count). The molecule has 0 aromatic heterocycles. The van der Waals surface area contributed by atoms with E-state index in [2.05, 4.69) is 26.1 Å². The number of carbonyl (C=O) groups excluding carboxylic acids is 1. The molecule has 3 N–H and O–H groups in total. The molecular weight excluding hydrogens is 248 g/mol. The topological polar surface area (TPSA) is 55.1 Å². The Hall–Kier alpha value is -1.51. The van der Waals surface area contributed by atoms with E-state index >= 15 is 0 Å². The van der Waals surface area contributed by atoms with Gasteiger partial charge in [-0.15, -0.1) is 0 Å². The third-order valence-electron chi connectivity index (χ3n) is 4.62. The lowest BCUT2D eigenvalue weighted by atomic mass is 9.68. The van der Waals surface area contributed by atoms with Crippen LogP contribution in [0.4, 0.5) is 11.4 Å². The summed E-state index contributed by atoms with van der Waals surface area (Å²) < 4.78 is 0. The Bertz CT molecular complexity index is 494. The zero-order chi connectivity index (χ0) is 14.8. The predicted molar refractivity (Wildman–Crippen MR) is 84.6 cm³/mol. The van der Waals surface area contributed by atoms with E-state index in [1.165, 1.54) is 6.42 Å². The van der Waals surface area contributed by atoms with Gasteiger partial charge in [-0.3, -0.25) is 4.79 Å². The Kier molecular flexibility index (Phi) is 4.36. The molecule has 1 aliphatic carbocycles. The summed E-state index contributed by atoms with van der Waals surface area (Å²) in [4.78, 5) is 12.5. The van der Waals surface area contributed by atoms with Crippen LogP contribution in [0.25, 0.3) is 0 Å². The van der Waals surface area contributed by atoms with Gasteiger partial charge in [0.2, 0.25) is 5.91 Å². The molecule has 0 aliphatic heterocycles. The van der Waals surface area contributed by atoms with Gasteiger partial charge in [-0.2, -0.15) is 0 Å². The summed E-state index contributed by atoms with van der Waals surface area (Å²) in [7, 11) is 0. The highest BCUT2D eigenvalue weighted by atomic mass is 16.1. The Balaban J connectivity index is 2.09. The molecule has 0 radical (unpaired) electrons. The van der Waals surface area contributed by atoms with Crippen molar-refractivity contribution >= 4 is 17.3 Å². The van der Waals surface area contributed by atoms with Crippen molar-refractivity contribution in [2.75, 3.05) is 11.1 Å². The largest absolute Gasteiger partial charge is 0.398 e. The van der Waals surface area contributed by atoms with E-state index in [0.717, 1.165) is 42.6 Å². The van der Waals surface area contributed by atoms with Crippen LogP contribution in [0.5, 0.6) is 0 Å². The number of rotatable bonds is 3. The highest BCUT2D eigenvalue weighted by molar-refractivity contribution is 5.93. The van der Waals surface area contributed by atoms with Crippen LogP contribution in [-0.2, 0) is 11.2 Å². The number of nitrogen functional groups attached to an aromatic ring is 1. The van der Waals surface area contributed by atoms with Crippen molar-refractivity contribution in [3.05, 3.63) is 23.8 Å². The van der Waals surface area contributed by atoms with Crippen molar-refractivity contribution in [2.45, 2.75) is 52.9 Å². The van der Waals surface area contributed by atoms with Crippen molar-refractivity contribution in [2.24, 2.45) is 11.3 Å². The summed E-state index contributed by atoms with van der Waals surface area (Å²) in [5.74, 6) is 0.238. The van der Waals surface area contributed by atoms with Gasteiger partial charge in [0.1, 0.15) is 0 Å². The third kappa shape index (κ3) is 3.14. The third-order valence-corrected chi connectivity index (χ3v) is 4.62. The van der Waals surface area contributed by atoms with E-state index in [4.69, 9.17) is 5.73 Å². The molecule has 1 aromatic carbocycles. The first-order chi connectivity index (χ1) is 9.44. The van der Waals surface area contributed by atoms with Crippen LogP contribution in [-0.4, -0.2) is 5.91 Å². The second kappa shape index (κ2) is 5.86. The summed E-state index contributed by atoms with van der Waals surface area (Å²) >= 11 is 0. The fraction of sp³-hybridized carbons (Fsp3) is 0.588. The first-order valence-corrected chi connectivity index (χ1v) is 7.63. The highest BCUT2D eigenvalue weighted by Crippen LogP contribution is 2.41. The number of carbonyl (C=O) groups is 1. The lowest BCUT2D eigenvalue weighted by molar-refractivity contribution is -0.124. The van der Waals surface area contributed by atoms with Crippen LogP contribution < -0.4 is 11.1 Å². The second-order valence-electron chi connectivity index (χ2n) is 6.54. The molecule has 0 saturated heterocycles. The van der Waals surface area contributed by atoms with E-state index in [-0.39, 0.29) is 17.2 Å². The lowest BCUT2D eigenvalue weighted by Gasteiger charge is -2.37. The molecule has 20 heavy (non-hydrogen) atoms. The minimum atomic E-state index is 0.0945. The maximum Gasteiger partial charge on any atom is 0.228 e. The molecular formula is C17H26N2O. The number of nitrogens with one attached hydrogen (secondary N) is 1. The average molecular weight is 274 g/mol. The zero-order valence-corrected chi connectivity index (χ0v) is 12.8. The van der Waals surface area contributed by atoms with Gasteiger partial charge in [0, 0.05) is 17.3 Å². The summed E-state index contributed by atoms with van der Waals surface area (Å²) in [6, 6.07) is 5.81. The minimum absolute atomic E-state index is 0.0945. The highest BCUT2D eigenvalue weighted by Gasteiger charge is 2.37. The molecule has 110 valence electrons. The molecule has 3 nitrogen and oxygen atoms in total. The number of hydrogen-bond donors (Lipinski definition) is 2. The summed E-state index contributed by atoms with van der Waals surface area (Å²) in [5.41, 5.74) is 8.78. The van der Waals surface area contributed by atoms with E-state index in [1.807, 2.05) is 18.2 Å². The quantitative estimate of drug-likeness (QED) is 0.819. The molecule has 3 heteroatoms. The SMILES string of the molecule is CCc1ccc(NC(=O)C2CCCCC2(C)C)cc1N. The normalized spacial score (nSPS) is 21.4. The van der Waals surface area contributed by atoms with Crippen LogP contribution in [0.2, 0.25) is 0 Å². The second-order valence-corrected chi connectivity index (χ2v) is 6.54. The molecule has 1 aliphatic rings. The summed E-state index contributed by atoms with van der Waals surface area (Å²) in [5, 5.41) is 3.04. The Morgan fingerprint density at radius 1 is 1.40 bits per heavy atom. The number of anilines is 2. The van der Waals surface area contributed by atoms with Crippen molar-refractivity contribution in [3.63, 3.8) is 0 Å². The summed E-state index contributed by atoms with van der Waals surface area (Å²) in [6.07, 6.45) is 5.41. The fourth-order valence-electron chi connectivity index (χ4n) is 3.20. The van der Waals surface area contributed by atoms with Gasteiger partial charge in [-0.05, 0) is 42.4 Å². The van der Waals surface area contributed by atoms with E-state index in [1.54, 1.807) is 0 Å². The average Bonchev–Trinajstić information content (AvgIpc) is 2.38. The smallest absolute Gasteiger partial charge is 0.228 e. The molecule has 1 amide bonds. The minimum Gasteiger partial charge on any atom is -0.398 e. The van der Waals surface area contributed by atoms with Gasteiger partial charge in [-0.1, -0.05) is 39.7 Å². The molecule has 1 saturated carbocycles. The van der Waals surface area contributed by atoms with E-state index in [9.17, 15) is 4.79 Å². The van der Waals surface area contributed by atoms with Crippen molar-refractivity contribution in [1.82, 2.24) is 0 Å². The van der Waals surface area contributed by atoms with Crippen molar-refractivity contribution < 1.29 is 4.79 Å². The molecule has 1 atom stereocenters. The van der Waals surface area contributed by atoms with Gasteiger partial charge in [0.05, 0.1) is 0 Å².